The Morgan fingerprint density at radius 3 is 2.48 bits per heavy atom. The Morgan fingerprint density at radius 1 is 1.12 bits per heavy atom. The zero-order valence-electron chi connectivity index (χ0n) is 15.9. The molecule has 0 fully saturated rings. The molecule has 0 saturated heterocycles. The van der Waals surface area contributed by atoms with Crippen LogP contribution >= 0.6 is 0 Å². The molecule has 0 saturated carbocycles. The topological polar surface area (TPSA) is 55.4 Å². The number of ether oxygens (including phenoxy) is 3. The van der Waals surface area contributed by atoms with E-state index in [1.165, 1.54) is 12.8 Å². The Morgan fingerprint density at radius 2 is 1.84 bits per heavy atom. The smallest absolute Gasteiger partial charge is 0.489 e. The van der Waals surface area contributed by atoms with Gasteiger partial charge in [-0.05, 0) is 24.6 Å². The predicted octanol–water partition coefficient (Wildman–Crippen LogP) is 3.69. The van der Waals surface area contributed by atoms with Gasteiger partial charge in [-0.15, -0.1) is 0 Å². The Hall–Kier alpha value is -1.12. The van der Waals surface area contributed by atoms with E-state index in [1.54, 1.807) is 21.3 Å². The number of fused-ring (bicyclic) bond motifs is 1. The molecule has 1 aliphatic heterocycles. The Bertz CT molecular complexity index is 540. The summed E-state index contributed by atoms with van der Waals surface area (Å²) in [6, 6.07) is 5.75. The summed E-state index contributed by atoms with van der Waals surface area (Å²) < 4.78 is 34.0. The summed E-state index contributed by atoms with van der Waals surface area (Å²) in [5.74, 6) is 1.02. The van der Waals surface area contributed by atoms with E-state index in [9.17, 15) is 0 Å². The molecular weight excluding hydrogens is 340 g/mol. The molecular formula is C18H30O6Si. The first-order valence-electron chi connectivity index (χ1n) is 8.74. The molecule has 142 valence electrons. The molecule has 1 heterocycles. The van der Waals surface area contributed by atoms with Crippen LogP contribution in [0.1, 0.15) is 45.1 Å². The maximum Gasteiger partial charge on any atom is 0.539 e. The lowest BCUT2D eigenvalue weighted by Crippen LogP contribution is -2.49. The lowest BCUT2D eigenvalue weighted by Gasteiger charge is -2.36. The summed E-state index contributed by atoms with van der Waals surface area (Å²) >= 11 is 0. The lowest BCUT2D eigenvalue weighted by molar-refractivity contribution is -0.198. The van der Waals surface area contributed by atoms with Gasteiger partial charge < -0.3 is 27.5 Å². The second-order valence-corrected chi connectivity index (χ2v) is 9.21. The SMILES string of the molecule is CCCCCC1(C)OCc2cc(OC[Si](OC)(OC)OC)ccc2O1. The maximum atomic E-state index is 6.09. The van der Waals surface area contributed by atoms with Gasteiger partial charge in [-0.3, -0.25) is 0 Å². The van der Waals surface area contributed by atoms with Gasteiger partial charge in [0.05, 0.1) is 6.61 Å². The van der Waals surface area contributed by atoms with E-state index < -0.39 is 14.6 Å². The highest BCUT2D eigenvalue weighted by Crippen LogP contribution is 2.36. The largest absolute Gasteiger partial charge is 0.539 e. The molecule has 0 N–H and O–H groups in total. The predicted molar refractivity (Wildman–Crippen MR) is 96.7 cm³/mol. The van der Waals surface area contributed by atoms with Gasteiger partial charge in [0.25, 0.3) is 0 Å². The van der Waals surface area contributed by atoms with Gasteiger partial charge in [-0.1, -0.05) is 19.8 Å². The average Bonchev–Trinajstić information content (AvgIpc) is 2.63. The molecule has 1 unspecified atom stereocenters. The number of hydrogen-bond donors (Lipinski definition) is 0. The normalized spacial score (nSPS) is 20.0. The van der Waals surface area contributed by atoms with Crippen molar-refractivity contribution >= 4 is 8.80 Å². The first-order chi connectivity index (χ1) is 12.0. The Labute approximate surface area is 151 Å². The third-order valence-electron chi connectivity index (χ3n) is 4.47. The number of rotatable bonds is 10. The molecule has 0 radical (unpaired) electrons. The fourth-order valence-electron chi connectivity index (χ4n) is 2.77. The van der Waals surface area contributed by atoms with E-state index in [1.807, 2.05) is 25.1 Å². The van der Waals surface area contributed by atoms with Crippen molar-refractivity contribution in [1.82, 2.24) is 0 Å². The van der Waals surface area contributed by atoms with Crippen molar-refractivity contribution < 1.29 is 27.5 Å². The minimum Gasteiger partial charge on any atom is -0.489 e. The standard InChI is InChI=1S/C18H30O6Si/c1-6-7-8-11-18(2)23-13-15-12-16(9-10-17(15)24-18)22-14-25(19-3,20-4)21-5/h9-10,12H,6-8,11,13-14H2,1-5H3. The van der Waals surface area contributed by atoms with E-state index in [4.69, 9.17) is 27.5 Å². The van der Waals surface area contributed by atoms with Crippen molar-refractivity contribution in [1.29, 1.82) is 0 Å². The van der Waals surface area contributed by atoms with E-state index in [0.29, 0.717) is 12.4 Å². The quantitative estimate of drug-likeness (QED) is 0.462. The molecule has 7 heteroatoms. The van der Waals surface area contributed by atoms with Crippen molar-refractivity contribution in [2.75, 3.05) is 27.6 Å². The molecule has 0 aromatic heterocycles. The molecule has 1 aromatic carbocycles. The summed E-state index contributed by atoms with van der Waals surface area (Å²) in [6.45, 7) is 4.71. The zero-order valence-corrected chi connectivity index (χ0v) is 16.9. The first kappa shape index (κ1) is 20.2. The molecule has 1 aliphatic rings. The minimum absolute atomic E-state index is 0.242. The van der Waals surface area contributed by atoms with E-state index in [0.717, 1.165) is 24.2 Å². The van der Waals surface area contributed by atoms with Gasteiger partial charge in [-0.25, -0.2) is 0 Å². The fraction of sp³-hybridized carbons (Fsp3) is 0.667. The third-order valence-corrected chi connectivity index (χ3v) is 6.84. The molecule has 0 bridgehead atoms. The second kappa shape index (κ2) is 9.00. The molecule has 0 spiro atoms. The van der Waals surface area contributed by atoms with Crippen molar-refractivity contribution in [3.63, 3.8) is 0 Å². The molecule has 25 heavy (non-hydrogen) atoms. The lowest BCUT2D eigenvalue weighted by atomic mass is 10.1. The maximum absolute atomic E-state index is 6.09. The van der Waals surface area contributed by atoms with E-state index in [-0.39, 0.29) is 6.23 Å². The molecule has 2 rings (SSSR count). The first-order valence-corrected chi connectivity index (χ1v) is 10.7. The average molecular weight is 371 g/mol. The van der Waals surface area contributed by atoms with Crippen LogP contribution in [0.5, 0.6) is 11.5 Å². The third kappa shape index (κ3) is 5.18. The summed E-state index contributed by atoms with van der Waals surface area (Å²) in [5.41, 5.74) is 0.977. The van der Waals surface area contributed by atoms with Crippen LogP contribution in [0.2, 0.25) is 0 Å². The fourth-order valence-corrected chi connectivity index (χ4v) is 3.97. The van der Waals surface area contributed by atoms with E-state index >= 15 is 0 Å². The highest BCUT2D eigenvalue weighted by Gasteiger charge is 2.39. The summed E-state index contributed by atoms with van der Waals surface area (Å²) in [6.07, 6.45) is 4.60. The number of hydrogen-bond acceptors (Lipinski definition) is 6. The van der Waals surface area contributed by atoms with Gasteiger partial charge in [0.2, 0.25) is 5.79 Å². The van der Waals surface area contributed by atoms with Crippen LogP contribution in [0.3, 0.4) is 0 Å². The van der Waals surface area contributed by atoms with Gasteiger partial charge in [0, 0.05) is 40.2 Å². The number of benzene rings is 1. The van der Waals surface area contributed by atoms with Crippen LogP contribution in [0, 0.1) is 0 Å². The van der Waals surface area contributed by atoms with Crippen LogP contribution in [0.15, 0.2) is 18.2 Å². The van der Waals surface area contributed by atoms with Crippen molar-refractivity contribution in [2.24, 2.45) is 0 Å². The molecule has 6 nitrogen and oxygen atoms in total. The van der Waals surface area contributed by atoms with Gasteiger partial charge in [-0.2, -0.15) is 0 Å². The van der Waals surface area contributed by atoms with Crippen molar-refractivity contribution in [3.05, 3.63) is 23.8 Å². The van der Waals surface area contributed by atoms with Gasteiger partial charge in [0.1, 0.15) is 11.5 Å². The highest BCUT2D eigenvalue weighted by atomic mass is 28.4. The number of unbranched alkanes of at least 4 members (excludes halogenated alkanes) is 2. The zero-order chi connectivity index (χ0) is 18.3. The molecule has 1 aromatic rings. The van der Waals surface area contributed by atoms with Gasteiger partial charge in [0.15, 0.2) is 6.23 Å². The van der Waals surface area contributed by atoms with Crippen LogP contribution in [0.4, 0.5) is 0 Å². The van der Waals surface area contributed by atoms with Crippen LogP contribution in [-0.4, -0.2) is 42.2 Å². The van der Waals surface area contributed by atoms with E-state index in [2.05, 4.69) is 6.92 Å². The van der Waals surface area contributed by atoms with Crippen molar-refractivity contribution in [2.45, 2.75) is 51.9 Å². The summed E-state index contributed by atoms with van der Waals surface area (Å²) in [5, 5.41) is 0. The molecule has 1 atom stereocenters. The Balaban J connectivity index is 1.99. The highest BCUT2D eigenvalue weighted by molar-refractivity contribution is 6.60. The minimum atomic E-state index is -2.76. The monoisotopic (exact) mass is 370 g/mol. The molecule has 0 amide bonds. The van der Waals surface area contributed by atoms with Crippen LogP contribution < -0.4 is 9.47 Å². The second-order valence-electron chi connectivity index (χ2n) is 6.34. The van der Waals surface area contributed by atoms with Crippen LogP contribution in [0.25, 0.3) is 0 Å². The summed E-state index contributed by atoms with van der Waals surface area (Å²) in [7, 11) is 1.94. The summed E-state index contributed by atoms with van der Waals surface area (Å²) in [4.78, 5) is 0. The Kier molecular flexibility index (Phi) is 7.27. The van der Waals surface area contributed by atoms with Crippen LogP contribution in [-0.2, 0) is 24.6 Å². The van der Waals surface area contributed by atoms with Crippen molar-refractivity contribution in [3.8, 4) is 11.5 Å². The van der Waals surface area contributed by atoms with Gasteiger partial charge >= 0.3 is 8.80 Å². The molecule has 0 aliphatic carbocycles.